The Morgan fingerprint density at radius 3 is 2.70 bits per heavy atom. The van der Waals surface area contributed by atoms with Crippen LogP contribution in [0.15, 0.2) is 48.7 Å². The number of nitrogens with one attached hydrogen (secondary N) is 1. The standard InChI is InChI=1S/C16H18N2O2/c1-3-12(2)18-15(19)14-10-7-11-17-16(14)20-13-8-5-4-6-9-13/h4-12H,3H2,1-2H3,(H,18,19). The molecular weight excluding hydrogens is 252 g/mol. The lowest BCUT2D eigenvalue weighted by atomic mass is 10.2. The van der Waals surface area contributed by atoms with Gasteiger partial charge in [-0.2, -0.15) is 0 Å². The average molecular weight is 270 g/mol. The first-order valence-electron chi connectivity index (χ1n) is 6.69. The second-order valence-corrected chi connectivity index (χ2v) is 4.55. The third kappa shape index (κ3) is 3.57. The number of para-hydroxylation sites is 1. The van der Waals surface area contributed by atoms with Crippen LogP contribution in [0.1, 0.15) is 30.6 Å². The summed E-state index contributed by atoms with van der Waals surface area (Å²) in [5.41, 5.74) is 0.441. The molecule has 0 radical (unpaired) electrons. The lowest BCUT2D eigenvalue weighted by Crippen LogP contribution is -2.32. The van der Waals surface area contributed by atoms with Gasteiger partial charge < -0.3 is 10.1 Å². The van der Waals surface area contributed by atoms with Crippen LogP contribution in [0, 0.1) is 0 Å². The normalized spacial score (nSPS) is 11.7. The van der Waals surface area contributed by atoms with Crippen molar-refractivity contribution < 1.29 is 9.53 Å². The topological polar surface area (TPSA) is 51.2 Å². The smallest absolute Gasteiger partial charge is 0.256 e. The first-order chi connectivity index (χ1) is 9.70. The monoisotopic (exact) mass is 270 g/mol. The number of ether oxygens (including phenoxy) is 1. The van der Waals surface area contributed by atoms with Gasteiger partial charge in [0.2, 0.25) is 5.88 Å². The molecule has 1 aromatic heterocycles. The minimum Gasteiger partial charge on any atom is -0.438 e. The van der Waals surface area contributed by atoms with Gasteiger partial charge in [-0.1, -0.05) is 25.1 Å². The van der Waals surface area contributed by atoms with Crippen LogP contribution in [0.4, 0.5) is 0 Å². The molecule has 104 valence electrons. The maximum absolute atomic E-state index is 12.2. The summed E-state index contributed by atoms with van der Waals surface area (Å²) in [6, 6.07) is 12.9. The SMILES string of the molecule is CCC(C)NC(=O)c1cccnc1Oc1ccccc1. The molecule has 0 spiro atoms. The van der Waals surface area contributed by atoms with Crippen molar-refractivity contribution in [1.29, 1.82) is 0 Å². The fraction of sp³-hybridized carbons (Fsp3) is 0.250. The molecule has 0 aliphatic carbocycles. The van der Waals surface area contributed by atoms with E-state index in [2.05, 4.69) is 10.3 Å². The summed E-state index contributed by atoms with van der Waals surface area (Å²) in [6.45, 7) is 3.99. The molecule has 0 bridgehead atoms. The molecule has 4 nitrogen and oxygen atoms in total. The van der Waals surface area contributed by atoms with Crippen molar-refractivity contribution in [2.45, 2.75) is 26.3 Å². The minimum absolute atomic E-state index is 0.118. The zero-order valence-corrected chi connectivity index (χ0v) is 11.7. The molecule has 0 saturated heterocycles. The molecule has 0 aliphatic heterocycles. The van der Waals surface area contributed by atoms with Crippen LogP contribution < -0.4 is 10.1 Å². The lowest BCUT2D eigenvalue weighted by Gasteiger charge is -2.13. The number of nitrogens with zero attached hydrogens (tertiary/aromatic N) is 1. The van der Waals surface area contributed by atoms with Crippen molar-refractivity contribution in [1.82, 2.24) is 10.3 Å². The number of rotatable bonds is 5. The van der Waals surface area contributed by atoms with Gasteiger partial charge in [-0.05, 0) is 37.6 Å². The number of hydrogen-bond acceptors (Lipinski definition) is 3. The Kier molecular flexibility index (Phi) is 4.71. The van der Waals surface area contributed by atoms with Gasteiger partial charge >= 0.3 is 0 Å². The molecule has 2 rings (SSSR count). The molecule has 1 unspecified atom stereocenters. The van der Waals surface area contributed by atoms with Crippen LogP contribution in [0.2, 0.25) is 0 Å². The van der Waals surface area contributed by atoms with E-state index in [1.807, 2.05) is 44.2 Å². The summed E-state index contributed by atoms with van der Waals surface area (Å²) in [7, 11) is 0. The minimum atomic E-state index is -0.168. The van der Waals surface area contributed by atoms with Crippen LogP contribution in [0.5, 0.6) is 11.6 Å². The quantitative estimate of drug-likeness (QED) is 0.906. The molecule has 0 aliphatic rings. The maximum Gasteiger partial charge on any atom is 0.256 e. The highest BCUT2D eigenvalue weighted by atomic mass is 16.5. The largest absolute Gasteiger partial charge is 0.438 e. The van der Waals surface area contributed by atoms with Gasteiger partial charge in [-0.15, -0.1) is 0 Å². The maximum atomic E-state index is 12.2. The summed E-state index contributed by atoms with van der Waals surface area (Å²) in [4.78, 5) is 16.3. The van der Waals surface area contributed by atoms with E-state index in [0.29, 0.717) is 17.2 Å². The van der Waals surface area contributed by atoms with Crippen molar-refractivity contribution in [3.63, 3.8) is 0 Å². The van der Waals surface area contributed by atoms with Crippen molar-refractivity contribution in [3.05, 3.63) is 54.2 Å². The van der Waals surface area contributed by atoms with Crippen LogP contribution >= 0.6 is 0 Å². The molecule has 0 saturated carbocycles. The van der Waals surface area contributed by atoms with Crippen molar-refractivity contribution in [3.8, 4) is 11.6 Å². The number of hydrogen-bond donors (Lipinski definition) is 1. The van der Waals surface area contributed by atoms with Crippen molar-refractivity contribution in [2.75, 3.05) is 0 Å². The summed E-state index contributed by atoms with van der Waals surface area (Å²) in [5, 5.41) is 2.91. The molecular formula is C16H18N2O2. The Hall–Kier alpha value is -2.36. The highest BCUT2D eigenvalue weighted by molar-refractivity contribution is 5.96. The Morgan fingerprint density at radius 2 is 2.00 bits per heavy atom. The van der Waals surface area contributed by atoms with E-state index in [0.717, 1.165) is 6.42 Å². The molecule has 4 heteroatoms. The summed E-state index contributed by atoms with van der Waals surface area (Å²) >= 11 is 0. The van der Waals surface area contributed by atoms with Gasteiger partial charge in [-0.25, -0.2) is 4.98 Å². The fourth-order valence-electron chi connectivity index (χ4n) is 1.65. The predicted molar refractivity (Wildman–Crippen MR) is 78.0 cm³/mol. The number of amides is 1. The van der Waals surface area contributed by atoms with Gasteiger partial charge in [0.1, 0.15) is 11.3 Å². The Balaban J connectivity index is 2.20. The van der Waals surface area contributed by atoms with Gasteiger partial charge in [0.25, 0.3) is 5.91 Å². The second-order valence-electron chi connectivity index (χ2n) is 4.55. The van der Waals surface area contributed by atoms with Crippen LogP contribution in [-0.2, 0) is 0 Å². The third-order valence-corrected chi connectivity index (χ3v) is 2.96. The van der Waals surface area contributed by atoms with E-state index in [1.54, 1.807) is 18.3 Å². The molecule has 20 heavy (non-hydrogen) atoms. The number of benzene rings is 1. The highest BCUT2D eigenvalue weighted by Crippen LogP contribution is 2.22. The predicted octanol–water partition coefficient (Wildman–Crippen LogP) is 3.40. The van der Waals surface area contributed by atoms with Gasteiger partial charge in [0.15, 0.2) is 0 Å². The molecule has 0 fully saturated rings. The first kappa shape index (κ1) is 14.1. The van der Waals surface area contributed by atoms with Crippen LogP contribution in [0.3, 0.4) is 0 Å². The van der Waals surface area contributed by atoms with Gasteiger partial charge in [0.05, 0.1) is 0 Å². The molecule has 2 aromatic rings. The van der Waals surface area contributed by atoms with Gasteiger partial charge in [-0.3, -0.25) is 4.79 Å². The number of pyridine rings is 1. The molecule has 1 amide bonds. The zero-order chi connectivity index (χ0) is 14.4. The lowest BCUT2D eigenvalue weighted by molar-refractivity contribution is 0.0936. The highest BCUT2D eigenvalue weighted by Gasteiger charge is 2.15. The van der Waals surface area contributed by atoms with E-state index in [1.165, 1.54) is 0 Å². The van der Waals surface area contributed by atoms with E-state index in [-0.39, 0.29) is 11.9 Å². The van der Waals surface area contributed by atoms with Gasteiger partial charge in [0, 0.05) is 12.2 Å². The summed E-state index contributed by atoms with van der Waals surface area (Å²) < 4.78 is 5.67. The van der Waals surface area contributed by atoms with Crippen molar-refractivity contribution >= 4 is 5.91 Å². The Morgan fingerprint density at radius 1 is 1.25 bits per heavy atom. The zero-order valence-electron chi connectivity index (χ0n) is 11.7. The Labute approximate surface area is 118 Å². The number of carbonyl (C=O) groups is 1. The number of aromatic nitrogens is 1. The third-order valence-electron chi connectivity index (χ3n) is 2.96. The van der Waals surface area contributed by atoms with Crippen LogP contribution in [-0.4, -0.2) is 16.9 Å². The summed E-state index contributed by atoms with van der Waals surface area (Å²) in [5.74, 6) is 0.807. The van der Waals surface area contributed by atoms with Crippen molar-refractivity contribution in [2.24, 2.45) is 0 Å². The van der Waals surface area contributed by atoms with E-state index in [4.69, 9.17) is 4.74 Å². The average Bonchev–Trinajstić information content (AvgIpc) is 2.48. The molecule has 1 atom stereocenters. The first-order valence-corrected chi connectivity index (χ1v) is 6.69. The molecule has 1 aromatic carbocycles. The van der Waals surface area contributed by atoms with E-state index in [9.17, 15) is 4.79 Å². The van der Waals surface area contributed by atoms with Crippen LogP contribution in [0.25, 0.3) is 0 Å². The number of carbonyl (C=O) groups excluding carboxylic acids is 1. The van der Waals surface area contributed by atoms with E-state index < -0.39 is 0 Å². The fourth-order valence-corrected chi connectivity index (χ4v) is 1.65. The summed E-state index contributed by atoms with van der Waals surface area (Å²) in [6.07, 6.45) is 2.49. The molecule has 1 N–H and O–H groups in total. The van der Waals surface area contributed by atoms with E-state index >= 15 is 0 Å². The molecule has 1 heterocycles. The second kappa shape index (κ2) is 6.70. The Bertz CT molecular complexity index is 570.